The summed E-state index contributed by atoms with van der Waals surface area (Å²) in [6.45, 7) is 7.46. The minimum atomic E-state index is 0.744. The number of nitrogens with two attached hydrogens (primary N) is 1. The van der Waals surface area contributed by atoms with Gasteiger partial charge in [-0.2, -0.15) is 0 Å². The van der Waals surface area contributed by atoms with Gasteiger partial charge < -0.3 is 5.73 Å². The Hall–Kier alpha value is -0.980. The van der Waals surface area contributed by atoms with Crippen molar-refractivity contribution in [1.82, 2.24) is 0 Å². The van der Waals surface area contributed by atoms with E-state index in [0.717, 1.165) is 11.3 Å². The maximum absolute atomic E-state index is 5.51. The average Bonchev–Trinajstić information content (AvgIpc) is 1.87. The molecule has 0 aliphatic rings. The van der Waals surface area contributed by atoms with Crippen LogP contribution in [0.4, 0.5) is 0 Å². The smallest absolute Gasteiger partial charge is 0.0337 e. The first-order chi connectivity index (χ1) is 4.22. The second-order valence-corrected chi connectivity index (χ2v) is 1.84. The predicted octanol–water partition coefficient (Wildman–Crippen LogP) is 1.98. The molecule has 0 aliphatic carbocycles. The minimum Gasteiger partial charge on any atom is -0.399 e. The average molecular weight is 123 g/mol. The number of rotatable bonds is 2. The molecular weight excluding hydrogens is 110 g/mol. The van der Waals surface area contributed by atoms with E-state index in [0.29, 0.717) is 0 Å². The lowest BCUT2D eigenvalue weighted by Crippen LogP contribution is -1.94. The van der Waals surface area contributed by atoms with Gasteiger partial charge >= 0.3 is 0 Å². The third-order valence-electron chi connectivity index (χ3n) is 1.09. The zero-order valence-corrected chi connectivity index (χ0v) is 6.02. The van der Waals surface area contributed by atoms with Crippen LogP contribution in [0.2, 0.25) is 0 Å². The molecule has 0 saturated heterocycles. The van der Waals surface area contributed by atoms with Crippen LogP contribution in [0, 0.1) is 0 Å². The van der Waals surface area contributed by atoms with Crippen molar-refractivity contribution in [3.63, 3.8) is 0 Å². The lowest BCUT2D eigenvalue weighted by atomic mass is 10.2. The fraction of sp³-hybridized carbons (Fsp3) is 0.250. The predicted molar refractivity (Wildman–Crippen MR) is 41.9 cm³/mol. The van der Waals surface area contributed by atoms with Crippen LogP contribution in [-0.4, -0.2) is 0 Å². The van der Waals surface area contributed by atoms with Crippen LogP contribution in [0.1, 0.15) is 13.8 Å². The lowest BCUT2D eigenvalue weighted by molar-refractivity contribution is 1.32. The lowest BCUT2D eigenvalue weighted by Gasteiger charge is -1.94. The van der Waals surface area contributed by atoms with E-state index < -0.39 is 0 Å². The first-order valence-corrected chi connectivity index (χ1v) is 2.93. The van der Waals surface area contributed by atoms with E-state index in [1.807, 2.05) is 26.0 Å². The molecule has 0 rings (SSSR count). The highest BCUT2D eigenvalue weighted by atomic mass is 14.6. The van der Waals surface area contributed by atoms with E-state index in [1.165, 1.54) is 0 Å². The quantitative estimate of drug-likeness (QED) is 0.558. The van der Waals surface area contributed by atoms with Crippen LogP contribution < -0.4 is 5.73 Å². The number of allylic oxidation sites excluding steroid dienone is 4. The van der Waals surface area contributed by atoms with Gasteiger partial charge in [0.2, 0.25) is 0 Å². The van der Waals surface area contributed by atoms with Crippen molar-refractivity contribution in [2.45, 2.75) is 13.8 Å². The van der Waals surface area contributed by atoms with Crippen LogP contribution in [0.3, 0.4) is 0 Å². The van der Waals surface area contributed by atoms with Gasteiger partial charge in [0.15, 0.2) is 0 Å². The topological polar surface area (TPSA) is 26.0 Å². The van der Waals surface area contributed by atoms with Crippen LogP contribution in [-0.2, 0) is 0 Å². The molecule has 0 radical (unpaired) electrons. The molecule has 0 aromatic rings. The van der Waals surface area contributed by atoms with Crippen molar-refractivity contribution >= 4 is 0 Å². The van der Waals surface area contributed by atoms with E-state index >= 15 is 0 Å². The van der Waals surface area contributed by atoms with Gasteiger partial charge in [-0.15, -0.1) is 0 Å². The summed E-state index contributed by atoms with van der Waals surface area (Å²) < 4.78 is 0. The Morgan fingerprint density at radius 2 is 2.11 bits per heavy atom. The van der Waals surface area contributed by atoms with Crippen LogP contribution in [0.25, 0.3) is 0 Å². The van der Waals surface area contributed by atoms with Crippen molar-refractivity contribution in [2.24, 2.45) is 5.73 Å². The van der Waals surface area contributed by atoms with E-state index in [2.05, 4.69) is 6.58 Å². The molecule has 50 valence electrons. The SMILES string of the molecule is C=C/C(N)=C(C)\C=C/C. The molecule has 0 atom stereocenters. The molecular formula is C8H13N. The fourth-order valence-corrected chi connectivity index (χ4v) is 0.507. The van der Waals surface area contributed by atoms with E-state index in [1.54, 1.807) is 6.08 Å². The highest BCUT2D eigenvalue weighted by molar-refractivity contribution is 5.27. The summed E-state index contributed by atoms with van der Waals surface area (Å²) in [7, 11) is 0. The molecule has 1 heteroatoms. The maximum Gasteiger partial charge on any atom is 0.0337 e. The first kappa shape index (κ1) is 8.02. The Bertz CT molecular complexity index is 152. The van der Waals surface area contributed by atoms with Gasteiger partial charge in [-0.25, -0.2) is 0 Å². The summed E-state index contributed by atoms with van der Waals surface area (Å²) in [5.74, 6) is 0. The van der Waals surface area contributed by atoms with E-state index in [-0.39, 0.29) is 0 Å². The molecule has 0 bridgehead atoms. The molecule has 0 spiro atoms. The van der Waals surface area contributed by atoms with Crippen LogP contribution in [0.15, 0.2) is 36.1 Å². The molecule has 0 aromatic heterocycles. The van der Waals surface area contributed by atoms with Crippen molar-refractivity contribution in [3.8, 4) is 0 Å². The third-order valence-corrected chi connectivity index (χ3v) is 1.09. The Morgan fingerprint density at radius 1 is 1.56 bits per heavy atom. The fourth-order valence-electron chi connectivity index (χ4n) is 0.507. The van der Waals surface area contributed by atoms with Crippen LogP contribution in [0.5, 0.6) is 0 Å². The van der Waals surface area contributed by atoms with Gasteiger partial charge in [0.05, 0.1) is 0 Å². The largest absolute Gasteiger partial charge is 0.399 e. The monoisotopic (exact) mass is 123 g/mol. The maximum atomic E-state index is 5.51. The van der Waals surface area contributed by atoms with Crippen molar-refractivity contribution in [2.75, 3.05) is 0 Å². The Balaban J connectivity index is 4.27. The normalized spacial score (nSPS) is 13.6. The summed E-state index contributed by atoms with van der Waals surface area (Å²) in [5.41, 5.74) is 7.32. The molecule has 0 aromatic carbocycles. The van der Waals surface area contributed by atoms with Gasteiger partial charge in [-0.3, -0.25) is 0 Å². The van der Waals surface area contributed by atoms with Gasteiger partial charge in [0.25, 0.3) is 0 Å². The Morgan fingerprint density at radius 3 is 2.44 bits per heavy atom. The summed E-state index contributed by atoms with van der Waals surface area (Å²) in [4.78, 5) is 0. The molecule has 0 heterocycles. The van der Waals surface area contributed by atoms with Crippen molar-refractivity contribution in [1.29, 1.82) is 0 Å². The van der Waals surface area contributed by atoms with Gasteiger partial charge in [0.1, 0.15) is 0 Å². The molecule has 1 nitrogen and oxygen atoms in total. The molecule has 0 amide bonds. The molecule has 0 fully saturated rings. The number of hydrogen-bond donors (Lipinski definition) is 1. The zero-order chi connectivity index (χ0) is 7.28. The van der Waals surface area contributed by atoms with Crippen molar-refractivity contribution < 1.29 is 0 Å². The van der Waals surface area contributed by atoms with E-state index in [9.17, 15) is 0 Å². The molecule has 0 saturated carbocycles. The van der Waals surface area contributed by atoms with Gasteiger partial charge in [-0.05, 0) is 25.5 Å². The Labute approximate surface area is 56.6 Å². The summed E-state index contributed by atoms with van der Waals surface area (Å²) in [6.07, 6.45) is 5.55. The molecule has 0 aliphatic heterocycles. The second-order valence-electron chi connectivity index (χ2n) is 1.84. The summed E-state index contributed by atoms with van der Waals surface area (Å²) in [5, 5.41) is 0. The van der Waals surface area contributed by atoms with Crippen LogP contribution >= 0.6 is 0 Å². The standard InChI is InChI=1S/C8H13N/c1-4-6-7(3)8(9)5-2/h4-6H,2,9H2,1,3H3/b6-4-,8-7+. The molecule has 2 N–H and O–H groups in total. The zero-order valence-electron chi connectivity index (χ0n) is 6.02. The highest BCUT2D eigenvalue weighted by Gasteiger charge is 1.84. The molecule has 9 heavy (non-hydrogen) atoms. The summed E-state index contributed by atoms with van der Waals surface area (Å²) in [6, 6.07) is 0. The van der Waals surface area contributed by atoms with Gasteiger partial charge in [0, 0.05) is 5.70 Å². The third kappa shape index (κ3) is 2.75. The van der Waals surface area contributed by atoms with E-state index in [4.69, 9.17) is 5.73 Å². The van der Waals surface area contributed by atoms with Crippen molar-refractivity contribution in [3.05, 3.63) is 36.1 Å². The molecule has 0 unspecified atom stereocenters. The first-order valence-electron chi connectivity index (χ1n) is 2.93. The minimum absolute atomic E-state index is 0.744. The Kier molecular flexibility index (Phi) is 3.52. The second kappa shape index (κ2) is 3.96. The highest BCUT2D eigenvalue weighted by Crippen LogP contribution is 1.99. The summed E-state index contributed by atoms with van der Waals surface area (Å²) >= 11 is 0. The number of hydrogen-bond acceptors (Lipinski definition) is 1. The van der Waals surface area contributed by atoms with Gasteiger partial charge in [-0.1, -0.05) is 18.7 Å².